The van der Waals surface area contributed by atoms with Crippen LogP contribution in [-0.2, 0) is 4.79 Å². The minimum Gasteiger partial charge on any atom is -0.491 e. The summed E-state index contributed by atoms with van der Waals surface area (Å²) in [5, 5.41) is 8.48. The number of carbonyl (C=O) groups is 1. The van der Waals surface area contributed by atoms with E-state index in [2.05, 4.69) is 4.74 Å². The summed E-state index contributed by atoms with van der Waals surface area (Å²) in [4.78, 5) is 10.3. The first kappa shape index (κ1) is 13.4. The molecule has 1 aromatic carbocycles. The van der Waals surface area contributed by atoms with Crippen LogP contribution in [-0.4, -0.2) is 18.2 Å². The fourth-order valence-corrected chi connectivity index (χ4v) is 1.43. The molecular formula is C11H13F2NO3. The lowest BCUT2D eigenvalue weighted by Gasteiger charge is -2.12. The van der Waals surface area contributed by atoms with Gasteiger partial charge in [-0.25, -0.2) is 8.78 Å². The van der Waals surface area contributed by atoms with Gasteiger partial charge in [-0.1, -0.05) is 0 Å². The maximum absolute atomic E-state index is 13.3. The molecule has 94 valence electrons. The number of rotatable bonds is 5. The van der Waals surface area contributed by atoms with Gasteiger partial charge in [0.05, 0.1) is 7.11 Å². The minimum atomic E-state index is -1.00. The zero-order valence-corrected chi connectivity index (χ0v) is 9.24. The van der Waals surface area contributed by atoms with Gasteiger partial charge >= 0.3 is 5.97 Å². The van der Waals surface area contributed by atoms with Crippen LogP contribution >= 0.6 is 0 Å². The largest absolute Gasteiger partial charge is 0.491 e. The topological polar surface area (TPSA) is 72.5 Å². The van der Waals surface area contributed by atoms with Crippen molar-refractivity contribution in [3.8, 4) is 5.75 Å². The summed E-state index contributed by atoms with van der Waals surface area (Å²) in [7, 11) is 1.16. The Kier molecular flexibility index (Phi) is 4.39. The molecule has 3 N–H and O–H groups in total. The molecule has 0 aliphatic carbocycles. The Morgan fingerprint density at radius 1 is 1.47 bits per heavy atom. The molecule has 0 aromatic heterocycles. The smallest absolute Gasteiger partial charge is 0.303 e. The molecule has 0 saturated heterocycles. The molecule has 0 fully saturated rings. The van der Waals surface area contributed by atoms with Crippen molar-refractivity contribution in [1.29, 1.82) is 0 Å². The minimum absolute atomic E-state index is 0.112. The Hall–Kier alpha value is -1.69. The molecule has 0 radical (unpaired) electrons. The monoisotopic (exact) mass is 245 g/mol. The van der Waals surface area contributed by atoms with Crippen LogP contribution in [0.2, 0.25) is 0 Å². The van der Waals surface area contributed by atoms with Crippen LogP contribution in [0, 0.1) is 11.6 Å². The molecule has 6 heteroatoms. The molecule has 0 aliphatic rings. The molecule has 0 amide bonds. The molecule has 1 unspecified atom stereocenters. The van der Waals surface area contributed by atoms with E-state index in [1.165, 1.54) is 0 Å². The van der Waals surface area contributed by atoms with Crippen LogP contribution < -0.4 is 10.5 Å². The van der Waals surface area contributed by atoms with E-state index in [1.807, 2.05) is 0 Å². The van der Waals surface area contributed by atoms with Crippen molar-refractivity contribution in [3.05, 3.63) is 29.3 Å². The highest BCUT2D eigenvalue weighted by molar-refractivity contribution is 5.66. The van der Waals surface area contributed by atoms with Crippen LogP contribution in [0.15, 0.2) is 12.1 Å². The summed E-state index contributed by atoms with van der Waals surface area (Å²) in [5.41, 5.74) is 5.85. The second kappa shape index (κ2) is 5.58. The summed E-state index contributed by atoms with van der Waals surface area (Å²) < 4.78 is 31.2. The fourth-order valence-electron chi connectivity index (χ4n) is 1.43. The van der Waals surface area contributed by atoms with E-state index in [-0.39, 0.29) is 18.4 Å². The third-order valence-corrected chi connectivity index (χ3v) is 2.32. The lowest BCUT2D eigenvalue weighted by atomic mass is 10.0. The highest BCUT2D eigenvalue weighted by atomic mass is 19.1. The predicted octanol–water partition coefficient (Wildman–Crippen LogP) is 1.84. The van der Waals surface area contributed by atoms with E-state index in [0.29, 0.717) is 0 Å². The maximum Gasteiger partial charge on any atom is 0.303 e. The Morgan fingerprint density at radius 2 is 2.00 bits per heavy atom. The number of aliphatic carboxylic acids is 1. The second-order valence-corrected chi connectivity index (χ2v) is 3.56. The number of nitrogens with two attached hydrogens (primary N) is 1. The molecule has 1 atom stereocenters. The van der Waals surface area contributed by atoms with Crippen molar-refractivity contribution in [3.63, 3.8) is 0 Å². The first-order chi connectivity index (χ1) is 7.95. The lowest BCUT2D eigenvalue weighted by Crippen LogP contribution is -2.13. The molecule has 0 spiro atoms. The Morgan fingerprint density at radius 3 is 2.41 bits per heavy atom. The van der Waals surface area contributed by atoms with Crippen LogP contribution in [0.5, 0.6) is 5.75 Å². The van der Waals surface area contributed by atoms with E-state index in [9.17, 15) is 13.6 Å². The molecule has 4 nitrogen and oxygen atoms in total. The standard InChI is InChI=1S/C11H13F2NO3/c1-17-11-7(12)4-6(5-8(11)13)9(14)2-3-10(15)16/h4-5,9H,2-3,14H2,1H3,(H,15,16). The maximum atomic E-state index is 13.3. The number of hydrogen-bond donors (Lipinski definition) is 2. The lowest BCUT2D eigenvalue weighted by molar-refractivity contribution is -0.137. The van der Waals surface area contributed by atoms with Gasteiger partial charge in [-0.05, 0) is 24.1 Å². The SMILES string of the molecule is COc1c(F)cc(C(N)CCC(=O)O)cc1F. The van der Waals surface area contributed by atoms with E-state index >= 15 is 0 Å². The van der Waals surface area contributed by atoms with Crippen molar-refractivity contribution < 1.29 is 23.4 Å². The van der Waals surface area contributed by atoms with Crippen LogP contribution in [0.25, 0.3) is 0 Å². The van der Waals surface area contributed by atoms with Gasteiger partial charge < -0.3 is 15.6 Å². The number of hydrogen-bond acceptors (Lipinski definition) is 3. The summed E-state index contributed by atoms with van der Waals surface area (Å²) in [6, 6.07) is 1.38. The average Bonchev–Trinajstić information content (AvgIpc) is 2.25. The zero-order valence-electron chi connectivity index (χ0n) is 9.24. The van der Waals surface area contributed by atoms with E-state index < -0.39 is 29.4 Å². The number of ether oxygens (including phenoxy) is 1. The number of carboxylic acid groups (broad SMARTS) is 1. The molecular weight excluding hydrogens is 232 g/mol. The number of carboxylic acids is 1. The van der Waals surface area contributed by atoms with Gasteiger partial charge in [-0.2, -0.15) is 0 Å². The first-order valence-electron chi connectivity index (χ1n) is 4.96. The van der Waals surface area contributed by atoms with Gasteiger partial charge in [0, 0.05) is 12.5 Å². The van der Waals surface area contributed by atoms with Gasteiger partial charge in [0.15, 0.2) is 17.4 Å². The highest BCUT2D eigenvalue weighted by Gasteiger charge is 2.16. The quantitative estimate of drug-likeness (QED) is 0.830. The normalized spacial score (nSPS) is 12.2. The zero-order chi connectivity index (χ0) is 13.0. The van der Waals surface area contributed by atoms with E-state index in [4.69, 9.17) is 10.8 Å². The number of methoxy groups -OCH3 is 1. The number of benzene rings is 1. The second-order valence-electron chi connectivity index (χ2n) is 3.56. The van der Waals surface area contributed by atoms with Gasteiger partial charge in [0.2, 0.25) is 0 Å². The van der Waals surface area contributed by atoms with Crippen molar-refractivity contribution >= 4 is 5.97 Å². The van der Waals surface area contributed by atoms with Crippen LogP contribution in [0.3, 0.4) is 0 Å². The van der Waals surface area contributed by atoms with Crippen molar-refractivity contribution in [2.75, 3.05) is 7.11 Å². The van der Waals surface area contributed by atoms with Gasteiger partial charge in [0.1, 0.15) is 0 Å². The first-order valence-corrected chi connectivity index (χ1v) is 4.96. The molecule has 0 aliphatic heterocycles. The van der Waals surface area contributed by atoms with Gasteiger partial charge in [0.25, 0.3) is 0 Å². The number of halogens is 2. The predicted molar refractivity (Wildman–Crippen MR) is 56.7 cm³/mol. The van der Waals surface area contributed by atoms with Crippen molar-refractivity contribution in [2.45, 2.75) is 18.9 Å². The Balaban J connectivity index is 2.88. The molecule has 1 aromatic rings. The van der Waals surface area contributed by atoms with Crippen LogP contribution in [0.4, 0.5) is 8.78 Å². The van der Waals surface area contributed by atoms with Crippen molar-refractivity contribution in [2.24, 2.45) is 5.73 Å². The molecule has 1 rings (SSSR count). The third kappa shape index (κ3) is 3.39. The Bertz CT molecular complexity index is 400. The van der Waals surface area contributed by atoms with E-state index in [0.717, 1.165) is 19.2 Å². The molecule has 0 heterocycles. The Labute approximate surface area is 97.0 Å². The van der Waals surface area contributed by atoms with Crippen molar-refractivity contribution in [1.82, 2.24) is 0 Å². The highest BCUT2D eigenvalue weighted by Crippen LogP contribution is 2.26. The van der Waals surface area contributed by atoms with Gasteiger partial charge in [-0.3, -0.25) is 4.79 Å². The summed E-state index contributed by atoms with van der Waals surface area (Å²) >= 11 is 0. The van der Waals surface area contributed by atoms with Gasteiger partial charge in [-0.15, -0.1) is 0 Å². The third-order valence-electron chi connectivity index (χ3n) is 2.32. The summed E-state index contributed by atoms with van der Waals surface area (Å²) in [5.74, 6) is -3.18. The molecule has 17 heavy (non-hydrogen) atoms. The van der Waals surface area contributed by atoms with Crippen LogP contribution in [0.1, 0.15) is 24.4 Å². The fraction of sp³-hybridized carbons (Fsp3) is 0.364. The summed E-state index contributed by atoms with van der Waals surface area (Å²) in [6.45, 7) is 0. The van der Waals surface area contributed by atoms with E-state index in [1.54, 1.807) is 0 Å². The summed E-state index contributed by atoms with van der Waals surface area (Å²) in [6.07, 6.45) is -0.0447. The average molecular weight is 245 g/mol. The molecule has 0 saturated carbocycles. The molecule has 0 bridgehead atoms.